The summed E-state index contributed by atoms with van der Waals surface area (Å²) in [7, 11) is 0. The van der Waals surface area contributed by atoms with E-state index in [-0.39, 0.29) is 0 Å². The molecule has 0 amide bonds. The third kappa shape index (κ3) is 6.86. The van der Waals surface area contributed by atoms with Gasteiger partial charge in [0.1, 0.15) is 0 Å². The molecule has 1 atom stereocenters. The summed E-state index contributed by atoms with van der Waals surface area (Å²) in [6, 6.07) is 0. The van der Waals surface area contributed by atoms with Crippen LogP contribution in [0.2, 0.25) is 0 Å². The zero-order chi connectivity index (χ0) is 8.53. The van der Waals surface area contributed by atoms with Gasteiger partial charge in [-0.3, -0.25) is 0 Å². The summed E-state index contributed by atoms with van der Waals surface area (Å²) in [5, 5.41) is 1.18. The molecular weight excluding hydrogens is 200 g/mol. The minimum atomic E-state index is 0.973. The van der Waals surface area contributed by atoms with Gasteiger partial charge in [-0.25, -0.2) is 0 Å². The summed E-state index contributed by atoms with van der Waals surface area (Å²) in [5.74, 6) is 0.973. The lowest BCUT2D eigenvalue weighted by Gasteiger charge is -2.11. The second-order valence-electron chi connectivity index (χ2n) is 3.25. The summed E-state index contributed by atoms with van der Waals surface area (Å²) in [6.07, 6.45) is 8.36. The molecule has 0 aromatic carbocycles. The number of hydrogen-bond acceptors (Lipinski definition) is 0. The maximum absolute atomic E-state index is 3.50. The Labute approximate surface area is 79.9 Å². The van der Waals surface area contributed by atoms with Crippen LogP contribution in [0.5, 0.6) is 0 Å². The molecule has 0 spiro atoms. The minimum Gasteiger partial charge on any atom is -0.0928 e. The SMILES string of the molecule is CCCCC[C@@H](CC)CCBr. The van der Waals surface area contributed by atoms with E-state index < -0.39 is 0 Å². The Morgan fingerprint density at radius 1 is 1.09 bits per heavy atom. The van der Waals surface area contributed by atoms with Crippen LogP contribution in [0.4, 0.5) is 0 Å². The molecule has 0 aliphatic heterocycles. The standard InChI is InChI=1S/C10H21Br/c1-3-5-6-7-10(4-2)8-9-11/h10H,3-9H2,1-2H3/t10-/m1/s1. The van der Waals surface area contributed by atoms with Crippen LogP contribution in [-0.4, -0.2) is 5.33 Å². The predicted molar refractivity (Wildman–Crippen MR) is 56.3 cm³/mol. The second kappa shape index (κ2) is 8.58. The minimum absolute atomic E-state index is 0.973. The van der Waals surface area contributed by atoms with Gasteiger partial charge >= 0.3 is 0 Å². The molecule has 0 radical (unpaired) electrons. The Kier molecular flexibility index (Phi) is 8.95. The Morgan fingerprint density at radius 2 is 1.82 bits per heavy atom. The van der Waals surface area contributed by atoms with Crippen molar-refractivity contribution >= 4 is 15.9 Å². The Balaban J connectivity index is 3.20. The van der Waals surface area contributed by atoms with E-state index in [4.69, 9.17) is 0 Å². The smallest absolute Gasteiger partial charge is 0.00339 e. The third-order valence-corrected chi connectivity index (χ3v) is 2.77. The number of rotatable bonds is 7. The van der Waals surface area contributed by atoms with Gasteiger partial charge in [0.15, 0.2) is 0 Å². The second-order valence-corrected chi connectivity index (χ2v) is 4.04. The van der Waals surface area contributed by atoms with Gasteiger partial charge in [0.05, 0.1) is 0 Å². The molecule has 0 aromatic rings. The predicted octanol–water partition coefficient (Wildman–Crippen LogP) is 4.38. The van der Waals surface area contributed by atoms with Crippen molar-refractivity contribution in [3.63, 3.8) is 0 Å². The molecule has 0 aliphatic carbocycles. The van der Waals surface area contributed by atoms with E-state index in [1.807, 2.05) is 0 Å². The summed E-state index contributed by atoms with van der Waals surface area (Å²) in [4.78, 5) is 0. The Hall–Kier alpha value is 0.480. The number of unbranched alkanes of at least 4 members (excludes halogenated alkanes) is 2. The van der Waals surface area contributed by atoms with E-state index in [9.17, 15) is 0 Å². The zero-order valence-electron chi connectivity index (χ0n) is 7.91. The lowest BCUT2D eigenvalue weighted by Crippen LogP contribution is -1.99. The first-order chi connectivity index (χ1) is 5.35. The van der Waals surface area contributed by atoms with E-state index in [0.717, 1.165) is 5.92 Å². The van der Waals surface area contributed by atoms with Crippen LogP contribution in [0.3, 0.4) is 0 Å². The fraction of sp³-hybridized carbons (Fsp3) is 1.00. The van der Waals surface area contributed by atoms with Gasteiger partial charge in [-0.05, 0) is 12.3 Å². The van der Waals surface area contributed by atoms with Gasteiger partial charge in [0, 0.05) is 5.33 Å². The van der Waals surface area contributed by atoms with Gasteiger partial charge in [-0.1, -0.05) is 61.9 Å². The van der Waals surface area contributed by atoms with Crippen LogP contribution in [-0.2, 0) is 0 Å². The highest BCUT2D eigenvalue weighted by Crippen LogP contribution is 2.17. The fourth-order valence-corrected chi connectivity index (χ4v) is 2.04. The maximum atomic E-state index is 3.50. The van der Waals surface area contributed by atoms with E-state index in [1.54, 1.807) is 0 Å². The monoisotopic (exact) mass is 220 g/mol. The lowest BCUT2D eigenvalue weighted by molar-refractivity contribution is 0.436. The van der Waals surface area contributed by atoms with Crippen molar-refractivity contribution in [3.8, 4) is 0 Å². The van der Waals surface area contributed by atoms with E-state index in [2.05, 4.69) is 29.8 Å². The van der Waals surface area contributed by atoms with Crippen molar-refractivity contribution in [1.29, 1.82) is 0 Å². The molecule has 0 rings (SSSR count). The average molecular weight is 221 g/mol. The molecule has 0 saturated carbocycles. The molecule has 0 unspecified atom stereocenters. The highest BCUT2D eigenvalue weighted by atomic mass is 79.9. The molecule has 0 bridgehead atoms. The highest BCUT2D eigenvalue weighted by molar-refractivity contribution is 9.09. The van der Waals surface area contributed by atoms with Gasteiger partial charge < -0.3 is 0 Å². The number of hydrogen-bond donors (Lipinski definition) is 0. The first-order valence-electron chi connectivity index (χ1n) is 4.91. The first kappa shape index (κ1) is 11.5. The molecule has 0 aliphatic rings. The molecule has 0 N–H and O–H groups in total. The number of alkyl halides is 1. The van der Waals surface area contributed by atoms with Crippen LogP contribution in [0.1, 0.15) is 52.4 Å². The van der Waals surface area contributed by atoms with Crippen molar-refractivity contribution in [2.75, 3.05) is 5.33 Å². The largest absolute Gasteiger partial charge is 0.0928 e. The van der Waals surface area contributed by atoms with Crippen LogP contribution in [0.25, 0.3) is 0 Å². The molecular formula is C10H21Br. The van der Waals surface area contributed by atoms with Gasteiger partial charge in [-0.15, -0.1) is 0 Å². The zero-order valence-corrected chi connectivity index (χ0v) is 9.49. The van der Waals surface area contributed by atoms with E-state index >= 15 is 0 Å². The van der Waals surface area contributed by atoms with Crippen LogP contribution in [0, 0.1) is 5.92 Å². The topological polar surface area (TPSA) is 0 Å². The summed E-state index contributed by atoms with van der Waals surface area (Å²) >= 11 is 3.50. The average Bonchev–Trinajstić information content (AvgIpc) is 2.03. The highest BCUT2D eigenvalue weighted by Gasteiger charge is 2.03. The maximum Gasteiger partial charge on any atom is 0.00339 e. The quantitative estimate of drug-likeness (QED) is 0.442. The van der Waals surface area contributed by atoms with Crippen LogP contribution >= 0.6 is 15.9 Å². The van der Waals surface area contributed by atoms with E-state index in [0.29, 0.717) is 0 Å². The van der Waals surface area contributed by atoms with Crippen molar-refractivity contribution in [2.45, 2.75) is 52.4 Å². The molecule has 0 fully saturated rings. The molecule has 1 heteroatoms. The van der Waals surface area contributed by atoms with Crippen molar-refractivity contribution in [1.82, 2.24) is 0 Å². The molecule has 0 nitrogen and oxygen atoms in total. The van der Waals surface area contributed by atoms with Gasteiger partial charge in [0.25, 0.3) is 0 Å². The molecule has 0 aromatic heterocycles. The van der Waals surface area contributed by atoms with Gasteiger partial charge in [-0.2, -0.15) is 0 Å². The van der Waals surface area contributed by atoms with Crippen LogP contribution < -0.4 is 0 Å². The normalized spacial score (nSPS) is 13.4. The van der Waals surface area contributed by atoms with E-state index in [1.165, 1.54) is 43.9 Å². The fourth-order valence-electron chi connectivity index (χ4n) is 1.39. The molecule has 0 heterocycles. The number of halogens is 1. The van der Waals surface area contributed by atoms with Crippen molar-refractivity contribution < 1.29 is 0 Å². The van der Waals surface area contributed by atoms with Crippen LogP contribution in [0.15, 0.2) is 0 Å². The summed E-state index contributed by atoms with van der Waals surface area (Å²) in [5.41, 5.74) is 0. The molecule has 68 valence electrons. The summed E-state index contributed by atoms with van der Waals surface area (Å²) < 4.78 is 0. The lowest BCUT2D eigenvalue weighted by atomic mass is 9.96. The van der Waals surface area contributed by atoms with Crippen molar-refractivity contribution in [3.05, 3.63) is 0 Å². The third-order valence-electron chi connectivity index (χ3n) is 2.31. The Bertz CT molecular complexity index is 71.3. The molecule has 0 saturated heterocycles. The van der Waals surface area contributed by atoms with Crippen molar-refractivity contribution in [2.24, 2.45) is 5.92 Å². The Morgan fingerprint density at radius 3 is 2.27 bits per heavy atom. The first-order valence-corrected chi connectivity index (χ1v) is 6.03. The van der Waals surface area contributed by atoms with Gasteiger partial charge in [0.2, 0.25) is 0 Å². The molecule has 11 heavy (non-hydrogen) atoms. The summed E-state index contributed by atoms with van der Waals surface area (Å²) in [6.45, 7) is 4.57.